The van der Waals surface area contributed by atoms with Gasteiger partial charge >= 0.3 is 0 Å². The van der Waals surface area contributed by atoms with Crippen LogP contribution in [0.1, 0.15) is 29.9 Å². The van der Waals surface area contributed by atoms with E-state index in [-0.39, 0.29) is 5.82 Å². The number of nitrogens with one attached hydrogen (secondary N) is 1. The summed E-state index contributed by atoms with van der Waals surface area (Å²) < 4.78 is 12.9. The van der Waals surface area contributed by atoms with E-state index in [0.717, 1.165) is 19.4 Å². The maximum Gasteiger partial charge on any atom is 0.123 e. The highest BCUT2D eigenvalue weighted by atomic mass is 19.1. The molecule has 1 N–H and O–H groups in total. The summed E-state index contributed by atoms with van der Waals surface area (Å²) in [5.41, 5.74) is 3.92. The maximum absolute atomic E-state index is 12.9. The van der Waals surface area contributed by atoms with Gasteiger partial charge in [-0.25, -0.2) is 4.39 Å². The molecule has 2 aromatic carbocycles. The van der Waals surface area contributed by atoms with Crippen LogP contribution in [0.5, 0.6) is 0 Å². The predicted octanol–water partition coefficient (Wildman–Crippen LogP) is 4.36. The number of aryl methyl sites for hydroxylation is 1. The molecule has 3 rings (SSSR count). The monoisotopic (exact) mass is 255 g/mol. The second-order valence-corrected chi connectivity index (χ2v) is 5.16. The summed E-state index contributed by atoms with van der Waals surface area (Å²) in [4.78, 5) is 0. The Bertz CT molecular complexity index is 547. The van der Waals surface area contributed by atoms with Crippen LogP contribution < -0.4 is 5.32 Å². The Morgan fingerprint density at radius 3 is 2.68 bits per heavy atom. The van der Waals surface area contributed by atoms with Crippen molar-refractivity contribution >= 4 is 5.69 Å². The Balaban J connectivity index is 1.69. The zero-order chi connectivity index (χ0) is 13.1. The summed E-state index contributed by atoms with van der Waals surface area (Å²) in [5.74, 6) is 0.457. The van der Waals surface area contributed by atoms with E-state index in [1.165, 1.54) is 23.2 Å². The first-order valence-electron chi connectivity index (χ1n) is 6.90. The molecule has 1 heterocycles. The number of hydrogen-bond acceptors (Lipinski definition) is 1. The van der Waals surface area contributed by atoms with Gasteiger partial charge in [-0.2, -0.15) is 0 Å². The van der Waals surface area contributed by atoms with E-state index in [9.17, 15) is 4.39 Å². The predicted molar refractivity (Wildman–Crippen MR) is 77.0 cm³/mol. The smallest absolute Gasteiger partial charge is 0.123 e. The quantitative estimate of drug-likeness (QED) is 0.859. The third-order valence-corrected chi connectivity index (χ3v) is 3.90. The van der Waals surface area contributed by atoms with Gasteiger partial charge in [0.1, 0.15) is 5.82 Å². The molecule has 0 saturated heterocycles. The zero-order valence-electron chi connectivity index (χ0n) is 10.9. The molecule has 0 radical (unpaired) electrons. The highest BCUT2D eigenvalue weighted by Gasteiger charge is 2.18. The van der Waals surface area contributed by atoms with E-state index in [4.69, 9.17) is 0 Å². The van der Waals surface area contributed by atoms with Crippen molar-refractivity contribution < 1.29 is 4.39 Å². The van der Waals surface area contributed by atoms with E-state index < -0.39 is 0 Å². The van der Waals surface area contributed by atoms with Crippen LogP contribution in [0.2, 0.25) is 0 Å². The van der Waals surface area contributed by atoms with Crippen LogP contribution in [0, 0.1) is 5.82 Å². The fraction of sp³-hybridized carbons (Fsp3) is 0.294. The van der Waals surface area contributed by atoms with Gasteiger partial charge in [-0.05, 0) is 54.5 Å². The van der Waals surface area contributed by atoms with Gasteiger partial charge in [0.2, 0.25) is 0 Å². The molecule has 0 fully saturated rings. The van der Waals surface area contributed by atoms with Gasteiger partial charge in [0, 0.05) is 12.2 Å². The van der Waals surface area contributed by atoms with Crippen LogP contribution in [0.25, 0.3) is 0 Å². The number of rotatable bonds is 3. The minimum absolute atomic E-state index is 0.157. The highest BCUT2D eigenvalue weighted by molar-refractivity contribution is 5.54. The molecule has 1 atom stereocenters. The molecule has 19 heavy (non-hydrogen) atoms. The summed E-state index contributed by atoms with van der Waals surface area (Å²) >= 11 is 0. The molecule has 0 aromatic heterocycles. The third kappa shape index (κ3) is 2.78. The van der Waals surface area contributed by atoms with Gasteiger partial charge in [0.05, 0.1) is 0 Å². The third-order valence-electron chi connectivity index (χ3n) is 3.90. The van der Waals surface area contributed by atoms with Crippen molar-refractivity contribution in [3.8, 4) is 0 Å². The summed E-state index contributed by atoms with van der Waals surface area (Å²) in [6.07, 6.45) is 3.32. The summed E-state index contributed by atoms with van der Waals surface area (Å²) in [7, 11) is 0. The normalized spacial score (nSPS) is 17.6. The fourth-order valence-corrected chi connectivity index (χ4v) is 2.84. The van der Waals surface area contributed by atoms with Crippen LogP contribution in [0.3, 0.4) is 0 Å². The van der Waals surface area contributed by atoms with Crippen molar-refractivity contribution in [1.82, 2.24) is 0 Å². The number of anilines is 1. The molecule has 1 nitrogen and oxygen atoms in total. The van der Waals surface area contributed by atoms with Crippen molar-refractivity contribution in [2.24, 2.45) is 0 Å². The van der Waals surface area contributed by atoms with Gasteiger partial charge in [-0.15, -0.1) is 0 Å². The molecule has 2 heteroatoms. The molecule has 1 unspecified atom stereocenters. The van der Waals surface area contributed by atoms with Crippen molar-refractivity contribution in [2.45, 2.75) is 25.2 Å². The van der Waals surface area contributed by atoms with E-state index in [1.54, 1.807) is 12.1 Å². The lowest BCUT2D eigenvalue weighted by Gasteiger charge is -2.26. The first-order chi connectivity index (χ1) is 9.33. The van der Waals surface area contributed by atoms with Gasteiger partial charge in [-0.3, -0.25) is 0 Å². The summed E-state index contributed by atoms with van der Waals surface area (Å²) in [6, 6.07) is 15.4. The van der Waals surface area contributed by atoms with E-state index in [1.807, 2.05) is 12.1 Å². The number of hydrogen-bond donors (Lipinski definition) is 1. The molecule has 0 aliphatic carbocycles. The Morgan fingerprint density at radius 1 is 1.05 bits per heavy atom. The molecule has 0 spiro atoms. The molecule has 1 aliphatic heterocycles. The van der Waals surface area contributed by atoms with E-state index >= 15 is 0 Å². The van der Waals surface area contributed by atoms with Crippen LogP contribution in [0.4, 0.5) is 10.1 Å². The molecule has 2 aromatic rings. The van der Waals surface area contributed by atoms with Crippen LogP contribution >= 0.6 is 0 Å². The standard InChI is InChI=1S/C17H18FN/c18-15-9-6-13(7-10-15)5-8-14-11-12-19-17-4-2-1-3-16(14)17/h1-4,6-7,9-10,14,19H,5,8,11-12H2. The summed E-state index contributed by atoms with van der Waals surface area (Å²) in [6.45, 7) is 1.05. The average molecular weight is 255 g/mol. The molecular formula is C17H18FN. The zero-order valence-corrected chi connectivity index (χ0v) is 10.9. The van der Waals surface area contributed by atoms with Gasteiger partial charge in [0.25, 0.3) is 0 Å². The molecule has 0 bridgehead atoms. The van der Waals surface area contributed by atoms with Crippen LogP contribution in [0.15, 0.2) is 48.5 Å². The second kappa shape index (κ2) is 5.43. The Morgan fingerprint density at radius 2 is 1.84 bits per heavy atom. The molecule has 98 valence electrons. The van der Waals surface area contributed by atoms with Crippen LogP contribution in [-0.2, 0) is 6.42 Å². The number of fused-ring (bicyclic) bond motifs is 1. The SMILES string of the molecule is Fc1ccc(CCC2CCNc3ccccc32)cc1. The maximum atomic E-state index is 12.9. The first-order valence-corrected chi connectivity index (χ1v) is 6.90. The van der Waals surface area contributed by atoms with Crippen molar-refractivity contribution in [3.05, 3.63) is 65.5 Å². The Labute approximate surface area is 113 Å². The Hall–Kier alpha value is -1.83. The molecular weight excluding hydrogens is 237 g/mol. The fourth-order valence-electron chi connectivity index (χ4n) is 2.84. The Kier molecular flexibility index (Phi) is 3.49. The molecule has 0 amide bonds. The minimum atomic E-state index is -0.157. The van der Waals surface area contributed by atoms with E-state index in [2.05, 4.69) is 29.6 Å². The lowest BCUT2D eigenvalue weighted by atomic mass is 9.86. The summed E-state index contributed by atoms with van der Waals surface area (Å²) in [5, 5.41) is 3.45. The number of halogens is 1. The van der Waals surface area contributed by atoms with E-state index in [0.29, 0.717) is 5.92 Å². The number of benzene rings is 2. The minimum Gasteiger partial charge on any atom is -0.385 e. The van der Waals surface area contributed by atoms with Crippen molar-refractivity contribution in [2.75, 3.05) is 11.9 Å². The lowest BCUT2D eigenvalue weighted by Crippen LogP contribution is -2.17. The lowest BCUT2D eigenvalue weighted by molar-refractivity contribution is 0.578. The second-order valence-electron chi connectivity index (χ2n) is 5.16. The van der Waals surface area contributed by atoms with Crippen molar-refractivity contribution in [1.29, 1.82) is 0 Å². The van der Waals surface area contributed by atoms with Gasteiger partial charge in [0.15, 0.2) is 0 Å². The number of para-hydroxylation sites is 1. The van der Waals surface area contributed by atoms with Gasteiger partial charge < -0.3 is 5.32 Å². The highest BCUT2D eigenvalue weighted by Crippen LogP contribution is 2.34. The van der Waals surface area contributed by atoms with Gasteiger partial charge in [-0.1, -0.05) is 30.3 Å². The first kappa shape index (κ1) is 12.2. The molecule has 0 saturated carbocycles. The van der Waals surface area contributed by atoms with Crippen LogP contribution in [-0.4, -0.2) is 6.54 Å². The van der Waals surface area contributed by atoms with Crippen molar-refractivity contribution in [3.63, 3.8) is 0 Å². The molecule has 1 aliphatic rings. The largest absolute Gasteiger partial charge is 0.385 e. The topological polar surface area (TPSA) is 12.0 Å². The average Bonchev–Trinajstić information content (AvgIpc) is 2.47.